The molecule has 8 rings (SSSR count). The van der Waals surface area contributed by atoms with Crippen LogP contribution in [-0.2, 0) is 0 Å². The van der Waals surface area contributed by atoms with Crippen LogP contribution in [0.1, 0.15) is 113 Å². The maximum Gasteiger partial charge on any atom is 0.261 e. The number of ether oxygens (including phenoxy) is 1. The predicted octanol–water partition coefficient (Wildman–Crippen LogP) is 10.1. The summed E-state index contributed by atoms with van der Waals surface area (Å²) in [6.07, 6.45) is 6.79. The second kappa shape index (κ2) is 14.5. The lowest BCUT2D eigenvalue weighted by molar-refractivity contribution is 0.0590. The Hall–Kier alpha value is -5.34. The van der Waals surface area contributed by atoms with Crippen molar-refractivity contribution in [3.8, 4) is 11.5 Å². The third-order valence-electron chi connectivity index (χ3n) is 11.4. The molecule has 0 aliphatic carbocycles. The van der Waals surface area contributed by atoms with Crippen LogP contribution < -0.4 is 4.74 Å². The zero-order chi connectivity index (χ0) is 37.7. The largest absolute Gasteiger partial charge is 0.457 e. The van der Waals surface area contributed by atoms with Crippen LogP contribution in [0.5, 0.6) is 11.5 Å². The van der Waals surface area contributed by atoms with Crippen molar-refractivity contribution in [3.63, 3.8) is 0 Å². The molecule has 8 heteroatoms. The minimum atomic E-state index is -0.320. The zero-order valence-electron chi connectivity index (χ0n) is 31.7. The molecule has 4 amide bonds. The number of para-hydroxylation sites is 1. The molecule has 0 aromatic heterocycles. The van der Waals surface area contributed by atoms with E-state index in [2.05, 4.69) is 18.7 Å². The zero-order valence-corrected chi connectivity index (χ0v) is 31.7. The average molecular weight is 722 g/mol. The van der Waals surface area contributed by atoms with Crippen LogP contribution in [0.2, 0.25) is 0 Å². The normalized spacial score (nSPS) is 14.3. The van der Waals surface area contributed by atoms with E-state index in [1.165, 1.54) is 9.80 Å². The number of rotatable bonds is 15. The molecule has 0 bridgehead atoms. The van der Waals surface area contributed by atoms with Crippen molar-refractivity contribution in [2.24, 2.45) is 0 Å². The molecule has 6 aromatic rings. The highest BCUT2D eigenvalue weighted by atomic mass is 16.5. The van der Waals surface area contributed by atoms with Crippen molar-refractivity contribution in [2.45, 2.75) is 72.6 Å². The summed E-state index contributed by atoms with van der Waals surface area (Å²) in [4.78, 5) is 62.0. The average Bonchev–Trinajstić information content (AvgIpc) is 3.18. The number of hydrogen-bond acceptors (Lipinski definition) is 6. The molecule has 2 aliphatic rings. The molecule has 276 valence electrons. The van der Waals surface area contributed by atoms with Crippen LogP contribution in [0.3, 0.4) is 0 Å². The van der Waals surface area contributed by atoms with Crippen LogP contribution >= 0.6 is 0 Å². The smallest absolute Gasteiger partial charge is 0.261 e. The molecule has 2 aliphatic heterocycles. The Labute approximate surface area is 316 Å². The number of carbonyl (C=O) groups excluding carboxylic acids is 4. The summed E-state index contributed by atoms with van der Waals surface area (Å²) >= 11 is 0. The number of imide groups is 2. The van der Waals surface area contributed by atoms with Gasteiger partial charge in [-0.3, -0.25) is 29.0 Å². The van der Waals surface area contributed by atoms with Gasteiger partial charge in [-0.15, -0.1) is 0 Å². The summed E-state index contributed by atoms with van der Waals surface area (Å²) in [6, 6.07) is 20.8. The Morgan fingerprint density at radius 1 is 0.519 bits per heavy atom. The first kappa shape index (κ1) is 35.7. The van der Waals surface area contributed by atoms with Crippen molar-refractivity contribution in [1.82, 2.24) is 14.7 Å². The Bertz CT molecular complexity index is 2460. The van der Waals surface area contributed by atoms with E-state index in [1.54, 1.807) is 6.07 Å². The predicted molar refractivity (Wildman–Crippen MR) is 215 cm³/mol. The summed E-state index contributed by atoms with van der Waals surface area (Å²) in [5.74, 6) is -0.0773. The molecule has 0 saturated carbocycles. The minimum absolute atomic E-state index is 0.278. The van der Waals surface area contributed by atoms with E-state index in [1.807, 2.05) is 74.5 Å². The highest BCUT2D eigenvalue weighted by Gasteiger charge is 2.38. The number of benzene rings is 6. The van der Waals surface area contributed by atoms with Crippen molar-refractivity contribution in [1.29, 1.82) is 0 Å². The highest BCUT2D eigenvalue weighted by Crippen LogP contribution is 2.50. The first-order valence-corrected chi connectivity index (χ1v) is 19.7. The van der Waals surface area contributed by atoms with Gasteiger partial charge >= 0.3 is 0 Å². The summed E-state index contributed by atoms with van der Waals surface area (Å²) < 4.78 is 6.68. The summed E-state index contributed by atoms with van der Waals surface area (Å²) in [5.41, 5.74) is 2.84. The van der Waals surface area contributed by atoms with Gasteiger partial charge in [-0.25, -0.2) is 0 Å². The van der Waals surface area contributed by atoms with E-state index >= 15 is 0 Å². The van der Waals surface area contributed by atoms with Crippen LogP contribution in [0.25, 0.3) is 43.1 Å². The Balaban J connectivity index is 1.32. The van der Waals surface area contributed by atoms with Gasteiger partial charge in [0.1, 0.15) is 11.5 Å². The van der Waals surface area contributed by atoms with Gasteiger partial charge in [-0.05, 0) is 116 Å². The second-order valence-corrected chi connectivity index (χ2v) is 14.9. The van der Waals surface area contributed by atoms with E-state index in [9.17, 15) is 19.2 Å². The lowest BCUT2D eigenvalue weighted by Crippen LogP contribution is -2.42. The van der Waals surface area contributed by atoms with Crippen LogP contribution in [-0.4, -0.2) is 71.1 Å². The number of unbranched alkanes of at least 4 members (excludes halogenated alkanes) is 3. The van der Waals surface area contributed by atoms with E-state index < -0.39 is 0 Å². The van der Waals surface area contributed by atoms with Gasteiger partial charge in [0.05, 0.1) is 5.56 Å². The molecule has 8 nitrogen and oxygen atoms in total. The molecular weight excluding hydrogens is 675 g/mol. The molecule has 0 atom stereocenters. The van der Waals surface area contributed by atoms with E-state index in [-0.39, 0.29) is 23.6 Å². The van der Waals surface area contributed by atoms with Gasteiger partial charge in [0.15, 0.2) is 0 Å². The summed E-state index contributed by atoms with van der Waals surface area (Å²) in [6.45, 7) is 12.0. The molecule has 0 N–H and O–H groups in total. The standard InChI is InChI=1S/C46H47N3O5/c1-5-8-21-47(22-9-6-2)23-14-25-49-44(51)33-19-17-30-37-28(4)26-34-38-32(43(50)48(45(34)52)24-10-7-3)20-18-31(41(37)38)40-36(54-29-15-12-11-13-16-29)27-35(46(49)53)39(33)42(30)40/h11-13,15-20,26-27H,5-10,14,21-25H2,1-4H3. The Morgan fingerprint density at radius 2 is 1.02 bits per heavy atom. The molecule has 2 heterocycles. The molecule has 0 radical (unpaired) electrons. The lowest BCUT2D eigenvalue weighted by Gasteiger charge is -2.31. The van der Waals surface area contributed by atoms with E-state index in [0.717, 1.165) is 96.0 Å². The van der Waals surface area contributed by atoms with Gasteiger partial charge in [0.25, 0.3) is 23.6 Å². The molecule has 6 aromatic carbocycles. The first-order chi connectivity index (χ1) is 26.3. The number of fused-ring (bicyclic) bond motifs is 2. The van der Waals surface area contributed by atoms with Crippen LogP contribution in [0.4, 0.5) is 0 Å². The van der Waals surface area contributed by atoms with Gasteiger partial charge in [-0.2, -0.15) is 0 Å². The fourth-order valence-corrected chi connectivity index (χ4v) is 8.70. The maximum atomic E-state index is 14.5. The highest BCUT2D eigenvalue weighted by molar-refractivity contribution is 6.42. The molecule has 0 unspecified atom stereocenters. The third kappa shape index (κ3) is 5.70. The minimum Gasteiger partial charge on any atom is -0.457 e. The number of carbonyl (C=O) groups is 4. The maximum absolute atomic E-state index is 14.5. The SMILES string of the molecule is CCCCN(CCCC)CCCN1C(=O)c2ccc3c4c(C)cc5c6c(ccc(c7c(Oc8ccccc8)cc(c2c37)C1=O)c64)C(=O)N(CCCC)C5=O. The van der Waals surface area contributed by atoms with Crippen molar-refractivity contribution >= 4 is 66.7 Å². The van der Waals surface area contributed by atoms with Crippen molar-refractivity contribution in [3.05, 3.63) is 94.5 Å². The lowest BCUT2D eigenvalue weighted by atomic mass is 9.80. The Kier molecular flexibility index (Phi) is 9.57. The number of aryl methyl sites for hydroxylation is 1. The Morgan fingerprint density at radius 3 is 1.61 bits per heavy atom. The molecule has 0 saturated heterocycles. The van der Waals surface area contributed by atoms with Gasteiger partial charge in [0.2, 0.25) is 0 Å². The van der Waals surface area contributed by atoms with Crippen LogP contribution in [0, 0.1) is 6.92 Å². The fraction of sp³-hybridized carbons (Fsp3) is 0.348. The monoisotopic (exact) mass is 721 g/mol. The first-order valence-electron chi connectivity index (χ1n) is 19.7. The molecular formula is C46H47N3O5. The summed E-state index contributed by atoms with van der Waals surface area (Å²) in [7, 11) is 0. The van der Waals surface area contributed by atoms with Crippen molar-refractivity contribution < 1.29 is 23.9 Å². The van der Waals surface area contributed by atoms with Gasteiger partial charge in [0, 0.05) is 51.3 Å². The fourth-order valence-electron chi connectivity index (χ4n) is 8.70. The second-order valence-electron chi connectivity index (χ2n) is 14.9. The molecule has 0 spiro atoms. The van der Waals surface area contributed by atoms with Gasteiger partial charge in [-0.1, -0.05) is 70.4 Å². The molecule has 0 fully saturated rings. The number of nitrogens with zero attached hydrogens (tertiary/aromatic N) is 3. The number of amides is 4. The third-order valence-corrected chi connectivity index (χ3v) is 11.4. The quantitative estimate of drug-likeness (QED) is 0.0596. The van der Waals surface area contributed by atoms with E-state index in [4.69, 9.17) is 4.74 Å². The van der Waals surface area contributed by atoms with Crippen molar-refractivity contribution in [2.75, 3.05) is 32.7 Å². The van der Waals surface area contributed by atoms with E-state index in [0.29, 0.717) is 64.0 Å². The summed E-state index contributed by atoms with van der Waals surface area (Å²) in [5, 5.41) is 6.16. The molecule has 54 heavy (non-hydrogen) atoms. The topological polar surface area (TPSA) is 87.2 Å². The van der Waals surface area contributed by atoms with Crippen LogP contribution in [0.15, 0.2) is 66.7 Å². The number of hydrogen-bond donors (Lipinski definition) is 0. The van der Waals surface area contributed by atoms with Gasteiger partial charge < -0.3 is 9.64 Å².